The number of nitrogens with one attached hydrogen (secondary N) is 1. The molecular formula is C16H29N3O2. The highest BCUT2D eigenvalue weighted by Gasteiger charge is 2.22. The normalized spacial score (nSPS) is 13.2. The van der Waals surface area contributed by atoms with Gasteiger partial charge in [0, 0.05) is 18.5 Å². The van der Waals surface area contributed by atoms with Crippen molar-refractivity contribution in [3.05, 3.63) is 17.5 Å². The van der Waals surface area contributed by atoms with Crippen LogP contribution in [0.15, 0.2) is 6.07 Å². The Balaban J connectivity index is 2.92. The molecule has 0 unspecified atom stereocenters. The van der Waals surface area contributed by atoms with Crippen LogP contribution < -0.4 is 5.32 Å². The van der Waals surface area contributed by atoms with Crippen molar-refractivity contribution in [1.82, 2.24) is 15.1 Å². The van der Waals surface area contributed by atoms with E-state index in [-0.39, 0.29) is 17.9 Å². The number of carbonyl (C=O) groups is 1. The maximum absolute atomic E-state index is 12.3. The molecule has 0 aliphatic carbocycles. The predicted octanol–water partition coefficient (Wildman–Crippen LogP) is 2.48. The second-order valence-corrected chi connectivity index (χ2v) is 6.65. The van der Waals surface area contributed by atoms with Crippen LogP contribution in [0.25, 0.3) is 0 Å². The van der Waals surface area contributed by atoms with E-state index in [0.717, 1.165) is 31.5 Å². The standard InChI is InChI=1S/C16H29N3O2/c1-6-7-8-9-19-13(15(21)17-11-12(2)20)10-14(18-19)16(3,4)5/h10,12,20H,6-9,11H2,1-5H3,(H,17,21)/t12-/m1/s1. The van der Waals surface area contributed by atoms with Crippen molar-refractivity contribution in [3.8, 4) is 0 Å². The van der Waals surface area contributed by atoms with Gasteiger partial charge in [-0.3, -0.25) is 9.48 Å². The van der Waals surface area contributed by atoms with Gasteiger partial charge in [-0.15, -0.1) is 0 Å². The summed E-state index contributed by atoms with van der Waals surface area (Å²) in [5.74, 6) is -0.171. The predicted molar refractivity (Wildman–Crippen MR) is 84.5 cm³/mol. The Labute approximate surface area is 127 Å². The minimum Gasteiger partial charge on any atom is -0.392 e. The van der Waals surface area contributed by atoms with Gasteiger partial charge >= 0.3 is 0 Å². The van der Waals surface area contributed by atoms with E-state index in [9.17, 15) is 9.90 Å². The molecule has 21 heavy (non-hydrogen) atoms. The van der Waals surface area contributed by atoms with E-state index in [2.05, 4.69) is 38.1 Å². The number of aromatic nitrogens is 2. The molecule has 0 saturated carbocycles. The molecule has 1 aromatic heterocycles. The van der Waals surface area contributed by atoms with Gasteiger partial charge in [0.25, 0.3) is 5.91 Å². The number of rotatable bonds is 7. The van der Waals surface area contributed by atoms with Gasteiger partial charge in [-0.1, -0.05) is 40.5 Å². The number of nitrogens with zero attached hydrogens (tertiary/aromatic N) is 2. The number of carbonyl (C=O) groups excluding carboxylic acids is 1. The van der Waals surface area contributed by atoms with Crippen LogP contribution in [0.2, 0.25) is 0 Å². The largest absolute Gasteiger partial charge is 0.392 e. The highest BCUT2D eigenvalue weighted by molar-refractivity contribution is 5.92. The van der Waals surface area contributed by atoms with E-state index in [4.69, 9.17) is 0 Å². The van der Waals surface area contributed by atoms with E-state index >= 15 is 0 Å². The Morgan fingerprint density at radius 1 is 1.43 bits per heavy atom. The molecule has 1 rings (SSSR count). The lowest BCUT2D eigenvalue weighted by Crippen LogP contribution is -2.32. The van der Waals surface area contributed by atoms with Gasteiger partial charge in [-0.2, -0.15) is 5.10 Å². The summed E-state index contributed by atoms with van der Waals surface area (Å²) in [6, 6.07) is 1.86. The minimum absolute atomic E-state index is 0.0880. The van der Waals surface area contributed by atoms with Crippen molar-refractivity contribution in [2.45, 2.75) is 71.9 Å². The van der Waals surface area contributed by atoms with E-state index in [1.807, 2.05) is 6.07 Å². The van der Waals surface area contributed by atoms with Gasteiger partial charge in [-0.05, 0) is 19.4 Å². The smallest absolute Gasteiger partial charge is 0.269 e. The molecule has 5 heteroatoms. The van der Waals surface area contributed by atoms with Gasteiger partial charge in [0.2, 0.25) is 0 Å². The van der Waals surface area contributed by atoms with Crippen molar-refractivity contribution in [3.63, 3.8) is 0 Å². The number of amides is 1. The molecule has 5 nitrogen and oxygen atoms in total. The lowest BCUT2D eigenvalue weighted by atomic mass is 9.92. The average Bonchev–Trinajstić information content (AvgIpc) is 2.80. The van der Waals surface area contributed by atoms with Gasteiger partial charge in [0.05, 0.1) is 11.8 Å². The molecule has 0 aliphatic heterocycles. The highest BCUT2D eigenvalue weighted by Crippen LogP contribution is 2.22. The van der Waals surface area contributed by atoms with Gasteiger partial charge in [0.1, 0.15) is 5.69 Å². The van der Waals surface area contributed by atoms with Crippen LogP contribution in [0.3, 0.4) is 0 Å². The second-order valence-electron chi connectivity index (χ2n) is 6.65. The molecule has 1 heterocycles. The lowest BCUT2D eigenvalue weighted by molar-refractivity contribution is 0.0913. The Bertz CT molecular complexity index is 459. The first-order valence-electron chi connectivity index (χ1n) is 7.80. The SMILES string of the molecule is CCCCCn1nc(C(C)(C)C)cc1C(=O)NC[C@@H](C)O. The quantitative estimate of drug-likeness (QED) is 0.759. The van der Waals surface area contributed by atoms with E-state index in [0.29, 0.717) is 5.69 Å². The summed E-state index contributed by atoms with van der Waals surface area (Å²) in [7, 11) is 0. The Morgan fingerprint density at radius 3 is 2.62 bits per heavy atom. The summed E-state index contributed by atoms with van der Waals surface area (Å²) in [5, 5.41) is 16.6. The Morgan fingerprint density at radius 2 is 2.10 bits per heavy atom. The number of aryl methyl sites for hydroxylation is 1. The molecule has 0 fully saturated rings. The second kappa shape index (κ2) is 7.59. The lowest BCUT2D eigenvalue weighted by Gasteiger charge is -2.14. The fourth-order valence-electron chi connectivity index (χ4n) is 1.98. The molecule has 0 aromatic carbocycles. The molecule has 0 saturated heterocycles. The topological polar surface area (TPSA) is 67.2 Å². The third kappa shape index (κ3) is 5.50. The maximum Gasteiger partial charge on any atom is 0.269 e. The van der Waals surface area contributed by atoms with Crippen LogP contribution >= 0.6 is 0 Å². The first-order chi connectivity index (χ1) is 9.75. The fraction of sp³-hybridized carbons (Fsp3) is 0.750. The van der Waals surface area contributed by atoms with Crippen LogP contribution in [-0.2, 0) is 12.0 Å². The van der Waals surface area contributed by atoms with Crippen LogP contribution in [0.4, 0.5) is 0 Å². The third-order valence-electron chi connectivity index (χ3n) is 3.31. The molecule has 0 radical (unpaired) electrons. The van der Waals surface area contributed by atoms with Crippen molar-refractivity contribution < 1.29 is 9.90 Å². The number of hydrogen-bond acceptors (Lipinski definition) is 3. The zero-order chi connectivity index (χ0) is 16.0. The molecule has 0 aliphatic rings. The third-order valence-corrected chi connectivity index (χ3v) is 3.31. The van der Waals surface area contributed by atoms with Crippen molar-refractivity contribution in [2.24, 2.45) is 0 Å². The number of unbranched alkanes of at least 4 members (excludes halogenated alkanes) is 2. The van der Waals surface area contributed by atoms with Crippen molar-refractivity contribution in [1.29, 1.82) is 0 Å². The van der Waals surface area contributed by atoms with Crippen LogP contribution in [0, 0.1) is 0 Å². The maximum atomic E-state index is 12.3. The molecule has 1 aromatic rings. The summed E-state index contributed by atoms with van der Waals surface area (Å²) in [4.78, 5) is 12.3. The summed E-state index contributed by atoms with van der Waals surface area (Å²) in [5.41, 5.74) is 1.41. The molecule has 0 spiro atoms. The summed E-state index contributed by atoms with van der Waals surface area (Å²) >= 11 is 0. The molecule has 0 bridgehead atoms. The molecule has 2 N–H and O–H groups in total. The van der Waals surface area contributed by atoms with Crippen LogP contribution in [0.1, 0.15) is 70.1 Å². The van der Waals surface area contributed by atoms with Gasteiger partial charge < -0.3 is 10.4 Å². The minimum atomic E-state index is -0.549. The Kier molecular flexibility index (Phi) is 6.40. The fourth-order valence-corrected chi connectivity index (χ4v) is 1.98. The van der Waals surface area contributed by atoms with E-state index < -0.39 is 6.10 Å². The van der Waals surface area contributed by atoms with Crippen LogP contribution in [-0.4, -0.2) is 33.4 Å². The van der Waals surface area contributed by atoms with Gasteiger partial charge in [0.15, 0.2) is 0 Å². The molecular weight excluding hydrogens is 266 g/mol. The molecule has 1 atom stereocenters. The van der Waals surface area contributed by atoms with E-state index in [1.165, 1.54) is 0 Å². The average molecular weight is 295 g/mol. The number of aliphatic hydroxyl groups is 1. The monoisotopic (exact) mass is 295 g/mol. The van der Waals surface area contributed by atoms with Crippen molar-refractivity contribution >= 4 is 5.91 Å². The zero-order valence-corrected chi connectivity index (χ0v) is 13.9. The first kappa shape index (κ1) is 17.7. The number of hydrogen-bond donors (Lipinski definition) is 2. The summed E-state index contributed by atoms with van der Waals surface area (Å²) < 4.78 is 1.80. The van der Waals surface area contributed by atoms with Gasteiger partial charge in [-0.25, -0.2) is 0 Å². The van der Waals surface area contributed by atoms with Crippen molar-refractivity contribution in [2.75, 3.05) is 6.54 Å². The zero-order valence-electron chi connectivity index (χ0n) is 13.9. The Hall–Kier alpha value is -1.36. The van der Waals surface area contributed by atoms with E-state index in [1.54, 1.807) is 11.6 Å². The highest BCUT2D eigenvalue weighted by atomic mass is 16.3. The first-order valence-corrected chi connectivity index (χ1v) is 7.80. The summed E-state index contributed by atoms with van der Waals surface area (Å²) in [6.07, 6.45) is 2.72. The summed E-state index contributed by atoms with van der Waals surface area (Å²) in [6.45, 7) is 11.1. The number of aliphatic hydroxyl groups excluding tert-OH is 1. The van der Waals surface area contributed by atoms with Crippen LogP contribution in [0.5, 0.6) is 0 Å². The molecule has 1 amide bonds. The molecule has 120 valence electrons.